The lowest BCUT2D eigenvalue weighted by Crippen LogP contribution is -2.37. The second-order valence-electron chi connectivity index (χ2n) is 8.97. The number of hydrogen-bond donors (Lipinski definition) is 0. The van der Waals surface area contributed by atoms with Crippen molar-refractivity contribution in [2.24, 2.45) is 0 Å². The molecule has 1 aromatic carbocycles. The second kappa shape index (κ2) is 7.61. The first-order valence-corrected chi connectivity index (χ1v) is 11.0. The maximum Gasteiger partial charge on any atom is 0.344 e. The first-order chi connectivity index (χ1) is 14.9. The lowest BCUT2D eigenvalue weighted by molar-refractivity contribution is 0.172. The van der Waals surface area contributed by atoms with E-state index >= 15 is 0 Å². The molecule has 0 radical (unpaired) electrons. The molecule has 0 saturated carbocycles. The Balaban J connectivity index is 1.49. The predicted octanol–water partition coefficient (Wildman–Crippen LogP) is 4.71. The molecule has 1 fully saturated rings. The molecule has 0 aliphatic carbocycles. The largest absolute Gasteiger partial charge is 0.421 e. The molecule has 0 unspecified atom stereocenters. The smallest absolute Gasteiger partial charge is 0.344 e. The lowest BCUT2D eigenvalue weighted by Gasteiger charge is -2.34. The number of likely N-dealkylation sites (tertiary alicyclic amines) is 1. The number of imidazole rings is 1. The Morgan fingerprint density at radius 3 is 2.58 bits per heavy atom. The van der Waals surface area contributed by atoms with Gasteiger partial charge in [-0.15, -0.1) is 0 Å². The average Bonchev–Trinajstić information content (AvgIpc) is 3.18. The molecule has 1 saturated heterocycles. The molecule has 6 nitrogen and oxygen atoms in total. The summed E-state index contributed by atoms with van der Waals surface area (Å²) in [6.45, 7) is 10.6. The quantitative estimate of drug-likeness (QED) is 0.484. The molecule has 4 heterocycles. The summed E-state index contributed by atoms with van der Waals surface area (Å²) in [4.78, 5) is 24.5. The van der Waals surface area contributed by atoms with E-state index in [0.717, 1.165) is 48.4 Å². The minimum absolute atomic E-state index is 0.308. The standard InChI is InChI=1S/C25H28N4O2/c1-15(2)28-9-7-18(8-10-28)19-5-6-20-12-23(31-25(30)21(20)11-19)22-14-29-13-16(3)26-17(4)24(29)27-22/h5-6,11-15,18H,7-10H2,1-4H3. The molecule has 1 aliphatic heterocycles. The van der Waals surface area contributed by atoms with Crippen molar-refractivity contribution < 1.29 is 4.42 Å². The van der Waals surface area contributed by atoms with Crippen LogP contribution >= 0.6 is 0 Å². The third-order valence-electron chi connectivity index (χ3n) is 6.50. The Labute approximate surface area is 181 Å². The molecular formula is C25H28N4O2. The van der Waals surface area contributed by atoms with Crippen molar-refractivity contribution in [3.63, 3.8) is 0 Å². The molecule has 160 valence electrons. The van der Waals surface area contributed by atoms with Crippen LogP contribution in [0.2, 0.25) is 0 Å². The summed E-state index contributed by atoms with van der Waals surface area (Å²) < 4.78 is 7.64. The number of benzene rings is 1. The fourth-order valence-electron chi connectivity index (χ4n) is 4.75. The number of rotatable bonds is 3. The lowest BCUT2D eigenvalue weighted by atomic mass is 9.88. The van der Waals surface area contributed by atoms with Gasteiger partial charge >= 0.3 is 5.63 Å². The maximum absolute atomic E-state index is 12.9. The van der Waals surface area contributed by atoms with Crippen molar-refractivity contribution >= 4 is 16.4 Å². The van der Waals surface area contributed by atoms with Gasteiger partial charge in [0.15, 0.2) is 11.4 Å². The van der Waals surface area contributed by atoms with Crippen LogP contribution < -0.4 is 5.63 Å². The van der Waals surface area contributed by atoms with Crippen LogP contribution in [-0.4, -0.2) is 38.4 Å². The van der Waals surface area contributed by atoms with Crippen LogP contribution in [0.3, 0.4) is 0 Å². The summed E-state index contributed by atoms with van der Waals surface area (Å²) in [5.74, 6) is 0.979. The summed E-state index contributed by atoms with van der Waals surface area (Å²) in [6, 6.07) is 8.75. The molecule has 0 bridgehead atoms. The van der Waals surface area contributed by atoms with Crippen molar-refractivity contribution in [3.05, 3.63) is 64.0 Å². The van der Waals surface area contributed by atoms with Crippen LogP contribution in [-0.2, 0) is 0 Å². The van der Waals surface area contributed by atoms with Gasteiger partial charge in [0, 0.05) is 18.4 Å². The van der Waals surface area contributed by atoms with E-state index < -0.39 is 0 Å². The van der Waals surface area contributed by atoms with E-state index in [1.165, 1.54) is 5.56 Å². The summed E-state index contributed by atoms with van der Waals surface area (Å²) in [7, 11) is 0. The van der Waals surface area contributed by atoms with Gasteiger partial charge in [0.1, 0.15) is 5.69 Å². The van der Waals surface area contributed by atoms with Gasteiger partial charge in [-0.3, -0.25) is 4.98 Å². The molecular weight excluding hydrogens is 388 g/mol. The molecule has 0 atom stereocenters. The highest BCUT2D eigenvalue weighted by Crippen LogP contribution is 2.31. The highest BCUT2D eigenvalue weighted by molar-refractivity contribution is 5.84. The molecule has 0 amide bonds. The van der Waals surface area contributed by atoms with Crippen molar-refractivity contribution in [3.8, 4) is 11.5 Å². The number of aromatic nitrogens is 3. The summed E-state index contributed by atoms with van der Waals surface area (Å²) in [5, 5.41) is 1.53. The first kappa shape index (κ1) is 19.9. The summed E-state index contributed by atoms with van der Waals surface area (Å²) in [6.07, 6.45) is 6.06. The number of nitrogens with zero attached hydrogens (tertiary/aromatic N) is 4. The van der Waals surface area contributed by atoms with Gasteiger partial charge in [-0.1, -0.05) is 12.1 Å². The molecule has 31 heavy (non-hydrogen) atoms. The summed E-state index contributed by atoms with van der Waals surface area (Å²) >= 11 is 0. The Kier molecular flexibility index (Phi) is 4.89. The number of piperidine rings is 1. The third kappa shape index (κ3) is 3.65. The Bertz CT molecular complexity index is 1330. The van der Waals surface area contributed by atoms with Gasteiger partial charge in [0.2, 0.25) is 0 Å². The molecule has 0 N–H and O–H groups in total. The normalized spacial score (nSPS) is 16.0. The van der Waals surface area contributed by atoms with E-state index in [-0.39, 0.29) is 5.63 Å². The van der Waals surface area contributed by atoms with Gasteiger partial charge in [-0.05, 0) is 82.6 Å². The zero-order chi connectivity index (χ0) is 21.7. The van der Waals surface area contributed by atoms with E-state index in [1.807, 2.05) is 48.8 Å². The van der Waals surface area contributed by atoms with Gasteiger partial charge in [-0.2, -0.15) is 0 Å². The van der Waals surface area contributed by atoms with Crippen LogP contribution in [0.15, 0.2) is 45.9 Å². The molecule has 5 rings (SSSR count). The fraction of sp³-hybridized carbons (Fsp3) is 0.400. The van der Waals surface area contributed by atoms with Gasteiger partial charge < -0.3 is 13.7 Å². The zero-order valence-electron chi connectivity index (χ0n) is 18.6. The molecule has 6 heteroatoms. The maximum atomic E-state index is 12.9. The number of hydrogen-bond acceptors (Lipinski definition) is 5. The van der Waals surface area contributed by atoms with E-state index in [9.17, 15) is 4.79 Å². The molecule has 4 aromatic rings. The number of aryl methyl sites for hydroxylation is 2. The van der Waals surface area contributed by atoms with E-state index in [4.69, 9.17) is 4.42 Å². The summed E-state index contributed by atoms with van der Waals surface area (Å²) in [5.41, 5.74) is 4.10. The molecule has 1 aliphatic rings. The Hall–Kier alpha value is -2.99. The van der Waals surface area contributed by atoms with Crippen LogP contribution in [0.5, 0.6) is 0 Å². The Morgan fingerprint density at radius 2 is 1.84 bits per heavy atom. The second-order valence-corrected chi connectivity index (χ2v) is 8.97. The van der Waals surface area contributed by atoms with Crippen molar-refractivity contribution in [1.29, 1.82) is 0 Å². The molecule has 0 spiro atoms. The van der Waals surface area contributed by atoms with Crippen molar-refractivity contribution in [2.45, 2.75) is 52.5 Å². The van der Waals surface area contributed by atoms with Gasteiger partial charge in [-0.25, -0.2) is 9.78 Å². The highest BCUT2D eigenvalue weighted by Gasteiger charge is 2.22. The van der Waals surface area contributed by atoms with E-state index in [0.29, 0.717) is 28.8 Å². The van der Waals surface area contributed by atoms with Crippen LogP contribution in [0.25, 0.3) is 27.9 Å². The zero-order valence-corrected chi connectivity index (χ0v) is 18.6. The van der Waals surface area contributed by atoms with E-state index in [2.05, 4.69) is 34.8 Å². The third-order valence-corrected chi connectivity index (χ3v) is 6.50. The highest BCUT2D eigenvalue weighted by atomic mass is 16.4. The predicted molar refractivity (Wildman–Crippen MR) is 123 cm³/mol. The van der Waals surface area contributed by atoms with Crippen LogP contribution in [0.4, 0.5) is 0 Å². The topological polar surface area (TPSA) is 63.6 Å². The van der Waals surface area contributed by atoms with Crippen LogP contribution in [0.1, 0.15) is 49.6 Å². The number of fused-ring (bicyclic) bond motifs is 2. The van der Waals surface area contributed by atoms with Gasteiger partial charge in [0.25, 0.3) is 0 Å². The minimum Gasteiger partial charge on any atom is -0.421 e. The SMILES string of the molecule is Cc1cn2cc(-c3cc4ccc(C5CCN(C(C)C)CC5)cc4c(=O)o3)nc2c(C)n1. The van der Waals surface area contributed by atoms with Crippen molar-refractivity contribution in [2.75, 3.05) is 13.1 Å². The first-order valence-electron chi connectivity index (χ1n) is 11.0. The van der Waals surface area contributed by atoms with Crippen molar-refractivity contribution in [1.82, 2.24) is 19.3 Å². The monoisotopic (exact) mass is 416 g/mol. The average molecular weight is 417 g/mol. The minimum atomic E-state index is -0.308. The molecule has 3 aromatic heterocycles. The van der Waals surface area contributed by atoms with Gasteiger partial charge in [0.05, 0.1) is 16.8 Å². The Morgan fingerprint density at radius 1 is 1.06 bits per heavy atom. The van der Waals surface area contributed by atoms with Crippen LogP contribution in [0, 0.1) is 13.8 Å². The fourth-order valence-corrected chi connectivity index (χ4v) is 4.75. The van der Waals surface area contributed by atoms with E-state index in [1.54, 1.807) is 0 Å².